The van der Waals surface area contributed by atoms with Crippen molar-refractivity contribution in [1.29, 1.82) is 0 Å². The summed E-state index contributed by atoms with van der Waals surface area (Å²) < 4.78 is 425. The van der Waals surface area contributed by atoms with Gasteiger partial charge in [-0.1, -0.05) is 0 Å². The number of aliphatic hydroxyl groups is 1. The third kappa shape index (κ3) is 11.0. The number of aliphatic hydroxyl groups excluding tert-OH is 1. The molecular weight excluding hydrogens is 999 g/mol. The van der Waals surface area contributed by atoms with Crippen LogP contribution in [0.3, 0.4) is 0 Å². The molecule has 0 heterocycles. The molecule has 0 aliphatic rings. The van der Waals surface area contributed by atoms with Crippen LogP contribution < -0.4 is 0 Å². The van der Waals surface area contributed by atoms with Crippen LogP contribution in [-0.4, -0.2) is 174 Å². The second-order valence-electron chi connectivity index (χ2n) is 12.2. The molecule has 0 aromatic rings. The third-order valence-electron chi connectivity index (χ3n) is 7.81. The Labute approximate surface area is 337 Å². The summed E-state index contributed by atoms with van der Waals surface area (Å²) in [5.41, 5.74) is 0. The van der Waals surface area contributed by atoms with Crippen LogP contribution in [0.4, 0.5) is 127 Å². The zero-order valence-electron chi connectivity index (χ0n) is 30.8. The molecule has 0 rings (SSSR count). The molecule has 0 bridgehead atoms. The average molecular weight is 1030 g/mol. The van der Waals surface area contributed by atoms with Gasteiger partial charge in [-0.2, -0.15) is 127 Å². The molecule has 0 fully saturated rings. The van der Waals surface area contributed by atoms with Crippen LogP contribution in [0.15, 0.2) is 0 Å². The molecule has 0 atom stereocenters. The van der Waals surface area contributed by atoms with Crippen LogP contribution in [0.5, 0.6) is 0 Å². The molecule has 0 aliphatic heterocycles. The minimum atomic E-state index is -9.96. The summed E-state index contributed by atoms with van der Waals surface area (Å²) >= 11 is 0. The van der Waals surface area contributed by atoms with E-state index in [4.69, 9.17) is 28.8 Å². The smallest absolute Gasteiger partial charge is 0.394 e. The highest BCUT2D eigenvalue weighted by atomic mass is 19.4. The number of ether oxygens (including phenoxy) is 6. The summed E-state index contributed by atoms with van der Waals surface area (Å²) in [6.45, 7) is -3.91. The fraction of sp³-hybridized carbons (Fsp3) is 1.00. The first kappa shape index (κ1) is 61.7. The lowest BCUT2D eigenvalue weighted by Gasteiger charge is -2.46. The Morgan fingerprint density at radius 1 is 0.219 bits per heavy atom. The van der Waals surface area contributed by atoms with E-state index in [2.05, 4.69) is 4.74 Å². The number of alkyl halides is 29. The van der Waals surface area contributed by atoms with Gasteiger partial charge in [0.2, 0.25) is 0 Å². The van der Waals surface area contributed by atoms with Crippen molar-refractivity contribution in [2.24, 2.45) is 0 Å². The fourth-order valence-corrected chi connectivity index (χ4v) is 4.00. The molecule has 0 aromatic carbocycles. The van der Waals surface area contributed by atoms with Gasteiger partial charge in [0.15, 0.2) is 0 Å². The molecule has 0 amide bonds. The Bertz CT molecular complexity index is 1420. The minimum absolute atomic E-state index is 0.00246. The van der Waals surface area contributed by atoms with Gasteiger partial charge in [-0.25, -0.2) is 0 Å². The second kappa shape index (κ2) is 20.9. The van der Waals surface area contributed by atoms with Crippen molar-refractivity contribution >= 4 is 0 Å². The summed E-state index contributed by atoms with van der Waals surface area (Å²) in [5.74, 6) is -121. The molecule has 0 saturated heterocycles. The van der Waals surface area contributed by atoms with Crippen molar-refractivity contribution < 1.29 is 161 Å². The van der Waals surface area contributed by atoms with Gasteiger partial charge in [-0.3, -0.25) is 0 Å². The lowest BCUT2D eigenvalue weighted by Crippen LogP contribution is -2.79. The monoisotopic (exact) mass is 1030 g/mol. The maximum atomic E-state index is 14.1. The maximum absolute atomic E-state index is 14.1. The van der Waals surface area contributed by atoms with E-state index in [1.807, 2.05) is 0 Å². The van der Waals surface area contributed by atoms with Crippen LogP contribution in [-0.2, 0) is 28.4 Å². The van der Waals surface area contributed by atoms with E-state index in [0.717, 1.165) is 0 Å². The van der Waals surface area contributed by atoms with E-state index in [1.165, 1.54) is 0 Å². The Hall–Kier alpha value is -2.31. The lowest BCUT2D eigenvalue weighted by atomic mass is 9.83. The normalized spacial score (nSPS) is 15.7. The average Bonchev–Trinajstić information content (AvgIpc) is 3.14. The molecule has 0 spiro atoms. The lowest BCUT2D eigenvalue weighted by molar-refractivity contribution is -0.487. The predicted octanol–water partition coefficient (Wildman–Crippen LogP) is 9.29. The van der Waals surface area contributed by atoms with E-state index in [0.29, 0.717) is 0 Å². The zero-order chi connectivity index (χ0) is 51.1. The summed E-state index contributed by atoms with van der Waals surface area (Å²) in [4.78, 5) is 0. The molecule has 7 nitrogen and oxygen atoms in total. The Kier molecular flexibility index (Phi) is 20.2. The Morgan fingerprint density at radius 2 is 0.391 bits per heavy atom. The van der Waals surface area contributed by atoms with E-state index in [-0.39, 0.29) is 66.1 Å². The molecule has 0 saturated carbocycles. The molecule has 0 aliphatic carbocycles. The molecule has 36 heteroatoms. The molecular formula is C28H29F29O7. The number of hydrogen-bond acceptors (Lipinski definition) is 7. The molecule has 0 radical (unpaired) electrons. The van der Waals surface area contributed by atoms with Gasteiger partial charge in [0.1, 0.15) is 0 Å². The van der Waals surface area contributed by atoms with Gasteiger partial charge in [0.25, 0.3) is 0 Å². The molecule has 0 unspecified atom stereocenters. The largest absolute Gasteiger partial charge is 0.460 e. The Balaban J connectivity index is 5.91. The summed E-state index contributed by atoms with van der Waals surface area (Å²) in [6.07, 6.45) is -11.4. The summed E-state index contributed by atoms with van der Waals surface area (Å²) in [5, 5.41) is 8.50. The number of rotatable bonds is 32. The third-order valence-corrected chi connectivity index (χ3v) is 7.81. The van der Waals surface area contributed by atoms with Gasteiger partial charge < -0.3 is 33.5 Å². The Morgan fingerprint density at radius 3 is 0.594 bits per heavy atom. The van der Waals surface area contributed by atoms with Gasteiger partial charge in [0.05, 0.1) is 85.9 Å². The fourth-order valence-electron chi connectivity index (χ4n) is 4.00. The van der Waals surface area contributed by atoms with Crippen LogP contribution in [0.25, 0.3) is 0 Å². The first-order valence-corrected chi connectivity index (χ1v) is 16.4. The van der Waals surface area contributed by atoms with Crippen molar-refractivity contribution in [2.75, 3.05) is 85.9 Å². The number of halogens is 29. The first-order chi connectivity index (χ1) is 28.3. The molecule has 386 valence electrons. The number of hydrogen-bond donors (Lipinski definition) is 1. The van der Waals surface area contributed by atoms with Crippen LogP contribution in [0.2, 0.25) is 0 Å². The highest BCUT2D eigenvalue weighted by molar-refractivity contribution is 5.21. The minimum Gasteiger partial charge on any atom is -0.394 e. The van der Waals surface area contributed by atoms with Crippen LogP contribution >= 0.6 is 0 Å². The quantitative estimate of drug-likeness (QED) is 0.0533. The molecule has 0 aromatic heterocycles. The zero-order valence-corrected chi connectivity index (χ0v) is 30.8. The van der Waals surface area contributed by atoms with E-state index >= 15 is 0 Å². The van der Waals surface area contributed by atoms with Gasteiger partial charge in [0, 0.05) is 6.42 Å². The predicted molar refractivity (Wildman–Crippen MR) is 147 cm³/mol. The van der Waals surface area contributed by atoms with Gasteiger partial charge in [-0.15, -0.1) is 0 Å². The highest BCUT2D eigenvalue weighted by Crippen LogP contribution is 2.69. The van der Waals surface area contributed by atoms with Gasteiger partial charge in [-0.05, 0) is 0 Å². The van der Waals surface area contributed by atoms with Crippen molar-refractivity contribution in [3.05, 3.63) is 0 Å². The molecule has 64 heavy (non-hydrogen) atoms. The molecule has 1 N–H and O–H groups in total. The van der Waals surface area contributed by atoms with Crippen molar-refractivity contribution in [3.8, 4) is 0 Å². The van der Waals surface area contributed by atoms with E-state index < -0.39 is 109 Å². The highest BCUT2D eigenvalue weighted by Gasteiger charge is 3.00. The SMILES string of the molecule is OCCOCCOCCOCCOCCOCCOCCC(F)(F)C(F)(F)C(F)(F)C(F)(F)C(F)(F)C(F)(F)C(F)(F)C(F)(F)C(F)(F)C(F)(F)C(F)(F)C(F)(F)C(F)(F)C(F)(F)F. The van der Waals surface area contributed by atoms with Crippen LogP contribution in [0.1, 0.15) is 6.42 Å². The van der Waals surface area contributed by atoms with Crippen LogP contribution in [0, 0.1) is 0 Å². The van der Waals surface area contributed by atoms with Crippen molar-refractivity contribution in [2.45, 2.75) is 89.6 Å². The van der Waals surface area contributed by atoms with Crippen molar-refractivity contribution in [1.82, 2.24) is 0 Å². The van der Waals surface area contributed by atoms with Crippen molar-refractivity contribution in [3.63, 3.8) is 0 Å². The van der Waals surface area contributed by atoms with E-state index in [1.54, 1.807) is 0 Å². The topological polar surface area (TPSA) is 75.6 Å². The summed E-state index contributed by atoms with van der Waals surface area (Å²) in [7, 11) is 0. The summed E-state index contributed by atoms with van der Waals surface area (Å²) in [6, 6.07) is 0. The van der Waals surface area contributed by atoms with E-state index in [9.17, 15) is 127 Å². The first-order valence-electron chi connectivity index (χ1n) is 16.4. The maximum Gasteiger partial charge on any atom is 0.460 e. The second-order valence-corrected chi connectivity index (χ2v) is 12.2. The standard InChI is InChI=1S/C28H29F29O7/c29-15(30,1-3-59-5-7-61-9-11-63-13-14-64-12-10-62-8-6-60-4-2-58)16(31,32)17(33,34)18(35,36)19(37,38)20(39,40)21(41,42)22(43,44)23(45,46)24(47,48)25(49,50)26(51,52)27(53,54)28(55,56)57/h58H,1-14H2. The van der Waals surface area contributed by atoms with Gasteiger partial charge >= 0.3 is 83.2 Å².